The van der Waals surface area contributed by atoms with Crippen LogP contribution in [0.2, 0.25) is 0 Å². The average molecular weight is 540 g/mol. The van der Waals surface area contributed by atoms with Crippen molar-refractivity contribution in [2.45, 2.75) is 19.4 Å². The molecule has 2 aliphatic rings. The number of fused-ring (bicyclic) bond motifs is 1. The predicted octanol–water partition coefficient (Wildman–Crippen LogP) is 3.02. The van der Waals surface area contributed by atoms with E-state index < -0.39 is 9.84 Å². The van der Waals surface area contributed by atoms with Gasteiger partial charge < -0.3 is 14.2 Å². The largest absolute Gasteiger partial charge is 0.459 e. The van der Waals surface area contributed by atoms with Crippen LogP contribution in [0.5, 0.6) is 0 Å². The Morgan fingerprint density at radius 2 is 1.84 bits per heavy atom. The van der Waals surface area contributed by atoms with E-state index in [-0.39, 0.29) is 35.1 Å². The number of carbonyl (C=O) groups excluding carboxylic acids is 2. The SMILES string of the molecule is Cc1nn(C2CCS(=O)(=O)C2)c2nc(-c3cccs3)cc(C(=O)N3CCN(C(=O)c4ccco4)CC3)c12. The molecule has 4 aromatic heterocycles. The Kier molecular flexibility index (Phi) is 5.87. The van der Waals surface area contributed by atoms with E-state index in [0.717, 1.165) is 4.88 Å². The molecule has 2 amide bonds. The van der Waals surface area contributed by atoms with Gasteiger partial charge in [0.05, 0.1) is 51.0 Å². The second-order valence-corrected chi connectivity index (χ2v) is 12.6. The minimum Gasteiger partial charge on any atom is -0.459 e. The molecular formula is C25H25N5O5S2. The molecule has 10 nitrogen and oxygen atoms in total. The van der Waals surface area contributed by atoms with Crippen LogP contribution in [0.25, 0.3) is 21.6 Å². The predicted molar refractivity (Wildman–Crippen MR) is 138 cm³/mol. The zero-order chi connectivity index (χ0) is 25.7. The molecule has 0 saturated carbocycles. The third kappa shape index (κ3) is 4.33. The second kappa shape index (κ2) is 9.10. The summed E-state index contributed by atoms with van der Waals surface area (Å²) in [5.41, 5.74) is 2.31. The molecule has 6 rings (SSSR count). The van der Waals surface area contributed by atoms with Crippen molar-refractivity contribution in [3.05, 3.63) is 59.0 Å². The lowest BCUT2D eigenvalue weighted by Crippen LogP contribution is -2.50. The highest BCUT2D eigenvalue weighted by Gasteiger charge is 2.34. The van der Waals surface area contributed by atoms with Gasteiger partial charge in [0.1, 0.15) is 0 Å². The number of hydrogen-bond donors (Lipinski definition) is 0. The summed E-state index contributed by atoms with van der Waals surface area (Å²) in [5, 5.41) is 7.26. The first-order valence-electron chi connectivity index (χ1n) is 12.1. The van der Waals surface area contributed by atoms with Crippen molar-refractivity contribution in [2.24, 2.45) is 0 Å². The van der Waals surface area contributed by atoms with Crippen molar-refractivity contribution < 1.29 is 22.4 Å². The van der Waals surface area contributed by atoms with Crippen LogP contribution >= 0.6 is 11.3 Å². The topological polar surface area (TPSA) is 119 Å². The third-order valence-corrected chi connectivity index (χ3v) is 9.62. The normalized spacial score (nSPS) is 19.5. The molecule has 192 valence electrons. The summed E-state index contributed by atoms with van der Waals surface area (Å²) in [4.78, 5) is 35.7. The van der Waals surface area contributed by atoms with Crippen LogP contribution in [0.1, 0.15) is 39.1 Å². The molecule has 1 unspecified atom stereocenters. The third-order valence-electron chi connectivity index (χ3n) is 6.98. The van der Waals surface area contributed by atoms with Crippen LogP contribution in [0, 0.1) is 6.92 Å². The van der Waals surface area contributed by atoms with Crippen LogP contribution in [-0.2, 0) is 9.84 Å². The zero-order valence-corrected chi connectivity index (χ0v) is 21.8. The molecule has 6 heterocycles. The summed E-state index contributed by atoms with van der Waals surface area (Å²) in [6, 6.07) is 8.67. The summed E-state index contributed by atoms with van der Waals surface area (Å²) in [6.07, 6.45) is 1.94. The minimum atomic E-state index is -3.13. The molecule has 0 aromatic carbocycles. The molecule has 37 heavy (non-hydrogen) atoms. The van der Waals surface area contributed by atoms with E-state index >= 15 is 0 Å². The van der Waals surface area contributed by atoms with Gasteiger partial charge in [-0.1, -0.05) is 6.07 Å². The Morgan fingerprint density at radius 3 is 2.46 bits per heavy atom. The lowest BCUT2D eigenvalue weighted by atomic mass is 10.1. The van der Waals surface area contributed by atoms with Crippen LogP contribution in [-0.4, -0.2) is 82.5 Å². The maximum Gasteiger partial charge on any atom is 0.289 e. The molecule has 12 heteroatoms. The Hall–Kier alpha value is -3.51. The van der Waals surface area contributed by atoms with Crippen molar-refractivity contribution >= 4 is 44.0 Å². The molecule has 2 saturated heterocycles. The monoisotopic (exact) mass is 539 g/mol. The number of carbonyl (C=O) groups is 2. The number of pyridine rings is 1. The number of hydrogen-bond acceptors (Lipinski definition) is 8. The molecule has 0 spiro atoms. The molecule has 0 N–H and O–H groups in total. The summed E-state index contributed by atoms with van der Waals surface area (Å²) in [6.45, 7) is 3.39. The van der Waals surface area contributed by atoms with Gasteiger partial charge in [0.2, 0.25) is 0 Å². The molecule has 1 atom stereocenters. The second-order valence-electron chi connectivity index (χ2n) is 9.38. The minimum absolute atomic E-state index is 0.0169. The van der Waals surface area contributed by atoms with Crippen LogP contribution < -0.4 is 0 Å². The number of aromatic nitrogens is 3. The van der Waals surface area contributed by atoms with Gasteiger partial charge in [-0.05, 0) is 43.0 Å². The van der Waals surface area contributed by atoms with Gasteiger partial charge in [0, 0.05) is 26.2 Å². The number of piperazine rings is 1. The van der Waals surface area contributed by atoms with Crippen LogP contribution in [0.4, 0.5) is 0 Å². The highest BCUT2D eigenvalue weighted by Crippen LogP contribution is 2.33. The lowest BCUT2D eigenvalue weighted by molar-refractivity contribution is 0.0519. The number of amides is 2. The molecule has 2 aliphatic heterocycles. The van der Waals surface area contributed by atoms with Gasteiger partial charge in [-0.2, -0.15) is 5.10 Å². The zero-order valence-electron chi connectivity index (χ0n) is 20.2. The van der Waals surface area contributed by atoms with E-state index in [9.17, 15) is 18.0 Å². The summed E-state index contributed by atoms with van der Waals surface area (Å²) in [7, 11) is -3.13. The van der Waals surface area contributed by atoms with Gasteiger partial charge in [-0.15, -0.1) is 11.3 Å². The standard InChI is InChI=1S/C25H25N5O5S2/c1-16-22-18(24(31)28-7-9-29(10-8-28)25(32)20-4-2-11-35-20)14-19(21-5-3-12-36-21)26-23(22)30(27-16)17-6-13-37(33,34)15-17/h2-5,11-12,14,17H,6-10,13,15H2,1H3. The van der Waals surface area contributed by atoms with Crippen molar-refractivity contribution in [1.82, 2.24) is 24.6 Å². The number of furan rings is 1. The Bertz CT molecular complexity index is 1580. The van der Waals surface area contributed by atoms with Crippen LogP contribution in [0.15, 0.2) is 46.4 Å². The molecule has 2 fully saturated rings. The summed E-state index contributed by atoms with van der Waals surface area (Å²) < 4.78 is 31.3. The first kappa shape index (κ1) is 23.9. The fourth-order valence-electron chi connectivity index (χ4n) is 5.09. The van der Waals surface area contributed by atoms with Crippen molar-refractivity contribution in [3.8, 4) is 10.6 Å². The lowest BCUT2D eigenvalue weighted by Gasteiger charge is -2.34. The van der Waals surface area contributed by atoms with E-state index in [1.807, 2.05) is 24.4 Å². The molecule has 0 aliphatic carbocycles. The van der Waals surface area contributed by atoms with E-state index in [1.165, 1.54) is 17.6 Å². The van der Waals surface area contributed by atoms with E-state index in [4.69, 9.17) is 9.40 Å². The number of thiophene rings is 1. The Morgan fingerprint density at radius 1 is 1.08 bits per heavy atom. The first-order valence-corrected chi connectivity index (χ1v) is 14.8. The maximum absolute atomic E-state index is 13.9. The maximum atomic E-state index is 13.9. The summed E-state index contributed by atoms with van der Waals surface area (Å²) in [5.74, 6) is 0.0793. The van der Waals surface area contributed by atoms with Crippen molar-refractivity contribution in [3.63, 3.8) is 0 Å². The van der Waals surface area contributed by atoms with E-state index in [1.54, 1.807) is 32.7 Å². The number of aryl methyl sites for hydroxylation is 1. The Balaban J connectivity index is 1.35. The smallest absolute Gasteiger partial charge is 0.289 e. The quantitative estimate of drug-likeness (QED) is 0.391. The van der Waals surface area contributed by atoms with Crippen LogP contribution in [0.3, 0.4) is 0 Å². The first-order chi connectivity index (χ1) is 17.8. The number of nitrogens with zero attached hydrogens (tertiary/aromatic N) is 5. The molecule has 4 aromatic rings. The highest BCUT2D eigenvalue weighted by atomic mass is 32.2. The van der Waals surface area contributed by atoms with Gasteiger partial charge in [-0.25, -0.2) is 18.1 Å². The fraction of sp³-hybridized carbons (Fsp3) is 0.360. The van der Waals surface area contributed by atoms with Crippen molar-refractivity contribution in [2.75, 3.05) is 37.7 Å². The summed E-state index contributed by atoms with van der Waals surface area (Å²) >= 11 is 1.52. The van der Waals surface area contributed by atoms with Gasteiger partial charge >= 0.3 is 0 Å². The fourth-order valence-corrected chi connectivity index (χ4v) is 7.47. The van der Waals surface area contributed by atoms with Crippen molar-refractivity contribution in [1.29, 1.82) is 0 Å². The number of rotatable bonds is 4. The Labute approximate surface area is 217 Å². The molecule has 0 radical (unpaired) electrons. The van der Waals surface area contributed by atoms with E-state index in [2.05, 4.69) is 5.10 Å². The molecular weight excluding hydrogens is 514 g/mol. The van der Waals surface area contributed by atoms with Gasteiger partial charge in [-0.3, -0.25) is 9.59 Å². The average Bonchev–Trinajstić information content (AvgIpc) is 3.70. The van der Waals surface area contributed by atoms with E-state index in [0.29, 0.717) is 60.6 Å². The number of sulfone groups is 1. The highest BCUT2D eigenvalue weighted by molar-refractivity contribution is 7.91. The van der Waals surface area contributed by atoms with Gasteiger partial charge in [0.15, 0.2) is 21.2 Å². The molecule has 0 bridgehead atoms. The van der Waals surface area contributed by atoms with Gasteiger partial charge in [0.25, 0.3) is 11.8 Å².